The number of hydrogen-bond donors (Lipinski definition) is 1. The van der Waals surface area contributed by atoms with Crippen LogP contribution >= 0.6 is 11.3 Å². The van der Waals surface area contributed by atoms with E-state index in [4.69, 9.17) is 0 Å². The minimum atomic E-state index is 0.808. The molecule has 98 valence electrons. The van der Waals surface area contributed by atoms with Crippen molar-refractivity contribution in [2.24, 2.45) is 5.92 Å². The SMILES string of the molecule is CCCCC(CC)CNc1ccc2sccc2c1. The number of hydrogen-bond acceptors (Lipinski definition) is 2. The summed E-state index contributed by atoms with van der Waals surface area (Å²) in [4.78, 5) is 0. The number of unbranched alkanes of at least 4 members (excludes halogenated alkanes) is 1. The molecule has 0 aliphatic heterocycles. The number of fused-ring (bicyclic) bond motifs is 1. The van der Waals surface area contributed by atoms with Crippen molar-refractivity contribution in [2.45, 2.75) is 39.5 Å². The van der Waals surface area contributed by atoms with Crippen LogP contribution in [-0.4, -0.2) is 6.54 Å². The van der Waals surface area contributed by atoms with E-state index in [-0.39, 0.29) is 0 Å². The minimum absolute atomic E-state index is 0.808. The van der Waals surface area contributed by atoms with Gasteiger partial charge in [-0.1, -0.05) is 33.1 Å². The lowest BCUT2D eigenvalue weighted by molar-refractivity contribution is 0.473. The molecule has 0 spiro atoms. The van der Waals surface area contributed by atoms with Crippen molar-refractivity contribution >= 4 is 27.1 Å². The van der Waals surface area contributed by atoms with Gasteiger partial charge in [0.15, 0.2) is 0 Å². The highest BCUT2D eigenvalue weighted by Crippen LogP contribution is 2.24. The third kappa shape index (κ3) is 3.49. The second kappa shape index (κ2) is 6.79. The van der Waals surface area contributed by atoms with Crippen molar-refractivity contribution in [3.8, 4) is 0 Å². The number of thiophene rings is 1. The highest BCUT2D eigenvalue weighted by atomic mass is 32.1. The van der Waals surface area contributed by atoms with Crippen LogP contribution < -0.4 is 5.32 Å². The molecule has 1 aromatic carbocycles. The molecule has 1 unspecified atom stereocenters. The molecule has 1 atom stereocenters. The van der Waals surface area contributed by atoms with E-state index in [0.717, 1.165) is 12.5 Å². The fraction of sp³-hybridized carbons (Fsp3) is 0.500. The van der Waals surface area contributed by atoms with E-state index in [2.05, 4.69) is 48.8 Å². The average Bonchev–Trinajstić information content (AvgIpc) is 2.86. The van der Waals surface area contributed by atoms with E-state index in [1.54, 1.807) is 0 Å². The zero-order valence-electron chi connectivity index (χ0n) is 11.4. The van der Waals surface area contributed by atoms with Gasteiger partial charge in [0.25, 0.3) is 0 Å². The summed E-state index contributed by atoms with van der Waals surface area (Å²) < 4.78 is 1.37. The van der Waals surface area contributed by atoms with Gasteiger partial charge in [0, 0.05) is 16.9 Å². The van der Waals surface area contributed by atoms with Gasteiger partial charge in [-0.05, 0) is 47.4 Å². The summed E-state index contributed by atoms with van der Waals surface area (Å²) in [5, 5.41) is 7.10. The lowest BCUT2D eigenvalue weighted by Crippen LogP contribution is -2.13. The lowest BCUT2D eigenvalue weighted by Gasteiger charge is -2.16. The molecule has 18 heavy (non-hydrogen) atoms. The monoisotopic (exact) mass is 261 g/mol. The molecule has 0 aliphatic carbocycles. The summed E-state index contributed by atoms with van der Waals surface area (Å²) in [6, 6.07) is 8.87. The van der Waals surface area contributed by atoms with E-state index in [9.17, 15) is 0 Å². The molecule has 0 bridgehead atoms. The Hall–Kier alpha value is -1.02. The molecule has 0 radical (unpaired) electrons. The Morgan fingerprint density at radius 1 is 1.22 bits per heavy atom. The van der Waals surface area contributed by atoms with Crippen LogP contribution in [-0.2, 0) is 0 Å². The normalized spacial score (nSPS) is 12.8. The molecule has 0 amide bonds. The maximum Gasteiger partial charge on any atom is 0.0347 e. The van der Waals surface area contributed by atoms with Crippen molar-refractivity contribution in [3.05, 3.63) is 29.6 Å². The molecule has 0 aliphatic rings. The maximum absolute atomic E-state index is 3.59. The molecule has 2 aromatic rings. The van der Waals surface area contributed by atoms with Crippen LogP contribution in [0.2, 0.25) is 0 Å². The largest absolute Gasteiger partial charge is 0.385 e. The predicted octanol–water partition coefficient (Wildman–Crippen LogP) is 5.53. The molecule has 1 N–H and O–H groups in total. The predicted molar refractivity (Wildman–Crippen MR) is 83.6 cm³/mol. The number of benzene rings is 1. The first-order valence-corrected chi connectivity index (χ1v) is 7.92. The zero-order valence-corrected chi connectivity index (χ0v) is 12.2. The van der Waals surface area contributed by atoms with E-state index in [1.165, 1.54) is 41.5 Å². The van der Waals surface area contributed by atoms with Crippen molar-refractivity contribution in [1.82, 2.24) is 0 Å². The Kier molecular flexibility index (Phi) is 5.06. The summed E-state index contributed by atoms with van der Waals surface area (Å²) in [6.07, 6.45) is 5.27. The van der Waals surface area contributed by atoms with Gasteiger partial charge in [-0.3, -0.25) is 0 Å². The molecule has 2 rings (SSSR count). The molecule has 1 aromatic heterocycles. The number of nitrogens with one attached hydrogen (secondary N) is 1. The van der Waals surface area contributed by atoms with Crippen LogP contribution in [0.25, 0.3) is 10.1 Å². The van der Waals surface area contributed by atoms with Gasteiger partial charge >= 0.3 is 0 Å². The highest BCUT2D eigenvalue weighted by molar-refractivity contribution is 7.17. The Labute approximate surface area is 114 Å². The molecule has 1 nitrogen and oxygen atoms in total. The van der Waals surface area contributed by atoms with Crippen LogP contribution in [0.15, 0.2) is 29.6 Å². The molecule has 0 fully saturated rings. The van der Waals surface area contributed by atoms with Gasteiger partial charge in [0.05, 0.1) is 0 Å². The van der Waals surface area contributed by atoms with E-state index >= 15 is 0 Å². The number of anilines is 1. The fourth-order valence-electron chi connectivity index (χ4n) is 2.28. The van der Waals surface area contributed by atoms with Gasteiger partial charge < -0.3 is 5.32 Å². The van der Waals surface area contributed by atoms with E-state index < -0.39 is 0 Å². The smallest absolute Gasteiger partial charge is 0.0347 e. The van der Waals surface area contributed by atoms with Gasteiger partial charge in [-0.15, -0.1) is 11.3 Å². The van der Waals surface area contributed by atoms with Crippen molar-refractivity contribution in [1.29, 1.82) is 0 Å². The molecule has 2 heteroatoms. The highest BCUT2D eigenvalue weighted by Gasteiger charge is 2.05. The van der Waals surface area contributed by atoms with Crippen molar-refractivity contribution in [3.63, 3.8) is 0 Å². The minimum Gasteiger partial charge on any atom is -0.385 e. The van der Waals surface area contributed by atoms with Crippen LogP contribution in [0.5, 0.6) is 0 Å². The van der Waals surface area contributed by atoms with Gasteiger partial charge in [0.1, 0.15) is 0 Å². The summed E-state index contributed by atoms with van der Waals surface area (Å²) in [5.74, 6) is 0.808. The fourth-order valence-corrected chi connectivity index (χ4v) is 3.05. The summed E-state index contributed by atoms with van der Waals surface area (Å²) >= 11 is 1.81. The van der Waals surface area contributed by atoms with Gasteiger partial charge in [-0.2, -0.15) is 0 Å². The first-order valence-electron chi connectivity index (χ1n) is 7.04. The maximum atomic E-state index is 3.59. The summed E-state index contributed by atoms with van der Waals surface area (Å²) in [5.41, 5.74) is 1.26. The molecule has 1 heterocycles. The van der Waals surface area contributed by atoms with E-state index in [1.807, 2.05) is 11.3 Å². The van der Waals surface area contributed by atoms with Crippen molar-refractivity contribution in [2.75, 3.05) is 11.9 Å². The molecule has 0 saturated carbocycles. The quantitative estimate of drug-likeness (QED) is 0.691. The third-order valence-corrected chi connectivity index (χ3v) is 4.49. The average molecular weight is 261 g/mol. The zero-order chi connectivity index (χ0) is 12.8. The first kappa shape index (κ1) is 13.4. The lowest BCUT2D eigenvalue weighted by atomic mass is 9.99. The first-order chi connectivity index (χ1) is 8.83. The molecular formula is C16H23NS. The van der Waals surface area contributed by atoms with Crippen LogP contribution in [0.4, 0.5) is 5.69 Å². The molecule has 0 saturated heterocycles. The summed E-state index contributed by atoms with van der Waals surface area (Å²) in [6.45, 7) is 5.67. The second-order valence-corrected chi connectivity index (χ2v) is 5.92. The standard InChI is InChI=1S/C16H23NS/c1-3-5-6-13(4-2)12-17-15-7-8-16-14(11-15)9-10-18-16/h7-11,13,17H,3-6,12H2,1-2H3. The Bertz CT molecular complexity index is 475. The van der Waals surface area contributed by atoms with Gasteiger partial charge in [0.2, 0.25) is 0 Å². The van der Waals surface area contributed by atoms with Gasteiger partial charge in [-0.25, -0.2) is 0 Å². The second-order valence-electron chi connectivity index (χ2n) is 4.97. The Morgan fingerprint density at radius 2 is 2.11 bits per heavy atom. The third-order valence-electron chi connectivity index (χ3n) is 3.59. The Morgan fingerprint density at radius 3 is 2.89 bits per heavy atom. The van der Waals surface area contributed by atoms with Crippen LogP contribution in [0.1, 0.15) is 39.5 Å². The summed E-state index contributed by atoms with van der Waals surface area (Å²) in [7, 11) is 0. The topological polar surface area (TPSA) is 12.0 Å². The van der Waals surface area contributed by atoms with Crippen LogP contribution in [0.3, 0.4) is 0 Å². The van der Waals surface area contributed by atoms with Crippen LogP contribution in [0, 0.1) is 5.92 Å². The van der Waals surface area contributed by atoms with Crippen molar-refractivity contribution < 1.29 is 0 Å². The Balaban J connectivity index is 1.91. The van der Waals surface area contributed by atoms with E-state index in [0.29, 0.717) is 0 Å². The molecular weight excluding hydrogens is 238 g/mol. The number of rotatable bonds is 7.